The van der Waals surface area contributed by atoms with E-state index in [0.29, 0.717) is 49.9 Å². The molecule has 10 heteroatoms. The molecule has 5 aromatic rings. The fraction of sp³-hybridized carbons (Fsp3) is 0.300. The summed E-state index contributed by atoms with van der Waals surface area (Å²) in [5.41, 5.74) is 4.57. The van der Waals surface area contributed by atoms with Gasteiger partial charge >= 0.3 is 0 Å². The van der Waals surface area contributed by atoms with Crippen LogP contribution in [0.15, 0.2) is 76.1 Å². The van der Waals surface area contributed by atoms with Gasteiger partial charge in [0.05, 0.1) is 11.8 Å². The van der Waals surface area contributed by atoms with Gasteiger partial charge in [-0.2, -0.15) is 0 Å². The minimum absolute atomic E-state index is 0.136. The number of nitrogens with zero attached hydrogens (tertiary/aromatic N) is 6. The van der Waals surface area contributed by atoms with Crippen LogP contribution < -0.4 is 5.56 Å². The van der Waals surface area contributed by atoms with Gasteiger partial charge in [-0.1, -0.05) is 42.0 Å². The van der Waals surface area contributed by atoms with Crippen molar-refractivity contribution >= 4 is 16.8 Å². The maximum atomic E-state index is 13.6. The Morgan fingerprint density at radius 3 is 2.58 bits per heavy atom. The lowest BCUT2D eigenvalue weighted by Crippen LogP contribution is -2.50. The van der Waals surface area contributed by atoms with Gasteiger partial charge in [-0.15, -0.1) is 5.10 Å². The highest BCUT2D eigenvalue weighted by molar-refractivity contribution is 5.91. The number of nitrogens with one attached hydrogen (secondary N) is 1. The number of benzene rings is 2. The SMILES string of the molecule is Cc1cc(C)c2[nH]c(=O)c(C(c3nnnn3CCc3ccccc3)N3CCN(C(=O)c4ccco4)CC3)cc2c1. The number of carbonyl (C=O) groups is 1. The van der Waals surface area contributed by atoms with Crippen molar-refractivity contribution in [2.45, 2.75) is 32.9 Å². The zero-order chi connectivity index (χ0) is 27.6. The highest BCUT2D eigenvalue weighted by Gasteiger charge is 2.34. The predicted octanol–water partition coefficient (Wildman–Crippen LogP) is 3.51. The zero-order valence-corrected chi connectivity index (χ0v) is 22.6. The summed E-state index contributed by atoms with van der Waals surface area (Å²) in [5, 5.41) is 13.7. The summed E-state index contributed by atoms with van der Waals surface area (Å²) in [6.07, 6.45) is 2.26. The van der Waals surface area contributed by atoms with Crippen LogP contribution in [0.2, 0.25) is 0 Å². The number of fused-ring (bicyclic) bond motifs is 1. The lowest BCUT2D eigenvalue weighted by molar-refractivity contribution is 0.0558. The number of carbonyl (C=O) groups excluding carboxylic acids is 1. The number of aromatic amines is 1. The molecule has 40 heavy (non-hydrogen) atoms. The molecule has 1 unspecified atom stereocenters. The second kappa shape index (κ2) is 10.9. The number of hydrogen-bond donors (Lipinski definition) is 1. The van der Waals surface area contributed by atoms with Crippen molar-refractivity contribution in [1.29, 1.82) is 0 Å². The van der Waals surface area contributed by atoms with E-state index in [9.17, 15) is 9.59 Å². The Labute approximate surface area is 231 Å². The number of amides is 1. The quantitative estimate of drug-likeness (QED) is 0.338. The van der Waals surface area contributed by atoms with E-state index in [0.717, 1.165) is 28.5 Å². The molecule has 204 valence electrons. The molecule has 6 rings (SSSR count). The molecule has 10 nitrogen and oxygen atoms in total. The average Bonchev–Trinajstić information content (AvgIpc) is 3.66. The molecule has 0 saturated carbocycles. The largest absolute Gasteiger partial charge is 0.459 e. The number of pyridine rings is 1. The van der Waals surface area contributed by atoms with Gasteiger partial charge in [0.15, 0.2) is 11.6 Å². The summed E-state index contributed by atoms with van der Waals surface area (Å²) >= 11 is 0. The minimum Gasteiger partial charge on any atom is -0.459 e. The van der Waals surface area contributed by atoms with E-state index in [4.69, 9.17) is 4.42 Å². The molecule has 1 amide bonds. The Balaban J connectivity index is 1.36. The third-order valence-corrected chi connectivity index (χ3v) is 7.57. The molecule has 0 bridgehead atoms. The van der Waals surface area contributed by atoms with Crippen LogP contribution in [0.1, 0.15) is 44.7 Å². The normalized spacial score (nSPS) is 15.0. The maximum absolute atomic E-state index is 13.6. The number of rotatable bonds is 7. The standard InChI is InChI=1S/C30H31N7O3/c1-20-17-21(2)26-23(18-20)19-24(29(38)31-26)27(28-32-33-34-37(28)11-10-22-7-4-3-5-8-22)35-12-14-36(15-13-35)30(39)25-9-6-16-40-25/h3-9,16-19,27H,10-15H2,1-2H3,(H,31,38). The fourth-order valence-electron chi connectivity index (χ4n) is 5.59. The number of aryl methyl sites for hydroxylation is 4. The molecule has 1 fully saturated rings. The van der Waals surface area contributed by atoms with Crippen molar-refractivity contribution in [1.82, 2.24) is 35.0 Å². The molecule has 1 atom stereocenters. The average molecular weight is 538 g/mol. The molecule has 4 heterocycles. The lowest BCUT2D eigenvalue weighted by Gasteiger charge is -2.38. The van der Waals surface area contributed by atoms with Crippen molar-refractivity contribution < 1.29 is 9.21 Å². The highest BCUT2D eigenvalue weighted by Crippen LogP contribution is 2.29. The summed E-state index contributed by atoms with van der Waals surface area (Å²) in [6, 6.07) is 19.2. The number of hydrogen-bond acceptors (Lipinski definition) is 7. The number of piperazine rings is 1. The molecule has 3 aromatic heterocycles. The number of H-pyrrole nitrogens is 1. The van der Waals surface area contributed by atoms with Gasteiger partial charge in [0.1, 0.15) is 6.04 Å². The van der Waals surface area contributed by atoms with Crippen LogP contribution in [-0.4, -0.2) is 67.1 Å². The van der Waals surface area contributed by atoms with E-state index in [-0.39, 0.29) is 11.5 Å². The molecule has 0 radical (unpaired) electrons. The van der Waals surface area contributed by atoms with Crippen LogP contribution in [0.3, 0.4) is 0 Å². The Hall–Kier alpha value is -4.57. The first-order chi connectivity index (χ1) is 19.5. The van der Waals surface area contributed by atoms with E-state index in [2.05, 4.69) is 49.7 Å². The Morgan fingerprint density at radius 1 is 1.02 bits per heavy atom. The first-order valence-corrected chi connectivity index (χ1v) is 13.5. The fourth-order valence-corrected chi connectivity index (χ4v) is 5.59. The summed E-state index contributed by atoms with van der Waals surface area (Å²) < 4.78 is 7.12. The minimum atomic E-state index is -0.486. The molecule has 1 saturated heterocycles. The van der Waals surface area contributed by atoms with Crippen LogP contribution in [0.25, 0.3) is 10.9 Å². The Kier molecular flexibility index (Phi) is 7.00. The van der Waals surface area contributed by atoms with Crippen LogP contribution in [-0.2, 0) is 13.0 Å². The number of furan rings is 1. The van der Waals surface area contributed by atoms with Gasteiger partial charge in [0.2, 0.25) is 0 Å². The van der Waals surface area contributed by atoms with Crippen LogP contribution in [0.4, 0.5) is 0 Å². The van der Waals surface area contributed by atoms with Gasteiger partial charge < -0.3 is 14.3 Å². The third kappa shape index (κ3) is 5.05. The maximum Gasteiger partial charge on any atom is 0.289 e. The molecule has 0 spiro atoms. The van der Waals surface area contributed by atoms with E-state index in [1.165, 1.54) is 11.8 Å². The molecule has 0 aliphatic carbocycles. The number of tetrazole rings is 1. The zero-order valence-electron chi connectivity index (χ0n) is 22.6. The summed E-state index contributed by atoms with van der Waals surface area (Å²) in [6.45, 7) is 6.70. The summed E-state index contributed by atoms with van der Waals surface area (Å²) in [7, 11) is 0. The van der Waals surface area contributed by atoms with Gasteiger partial charge in [0, 0.05) is 38.3 Å². The van der Waals surface area contributed by atoms with E-state index >= 15 is 0 Å². The molecular weight excluding hydrogens is 506 g/mol. The third-order valence-electron chi connectivity index (χ3n) is 7.57. The molecule has 2 aromatic carbocycles. The van der Waals surface area contributed by atoms with Crippen LogP contribution >= 0.6 is 0 Å². The molecule has 1 aliphatic heterocycles. The smallest absolute Gasteiger partial charge is 0.289 e. The first-order valence-electron chi connectivity index (χ1n) is 13.5. The molecule has 1 aliphatic rings. The Morgan fingerprint density at radius 2 is 1.82 bits per heavy atom. The number of aromatic nitrogens is 5. The van der Waals surface area contributed by atoms with Gasteiger partial charge in [0.25, 0.3) is 11.5 Å². The topological polar surface area (TPSA) is 113 Å². The van der Waals surface area contributed by atoms with Gasteiger partial charge in [-0.3, -0.25) is 14.5 Å². The van der Waals surface area contributed by atoms with Crippen molar-refractivity contribution in [3.8, 4) is 0 Å². The summed E-state index contributed by atoms with van der Waals surface area (Å²) in [4.78, 5) is 33.6. The monoisotopic (exact) mass is 537 g/mol. The first kappa shape index (κ1) is 25.7. The molecule has 1 N–H and O–H groups in total. The second-order valence-electron chi connectivity index (χ2n) is 10.3. The van der Waals surface area contributed by atoms with Gasteiger partial charge in [-0.25, -0.2) is 4.68 Å². The van der Waals surface area contributed by atoms with Crippen LogP contribution in [0, 0.1) is 13.8 Å². The van der Waals surface area contributed by atoms with Crippen molar-refractivity contribution in [3.05, 3.63) is 111 Å². The predicted molar refractivity (Wildman–Crippen MR) is 150 cm³/mol. The Bertz CT molecular complexity index is 1680. The van der Waals surface area contributed by atoms with Crippen molar-refractivity contribution in [2.75, 3.05) is 26.2 Å². The van der Waals surface area contributed by atoms with E-state index in [1.54, 1.807) is 21.7 Å². The summed E-state index contributed by atoms with van der Waals surface area (Å²) in [5.74, 6) is 0.797. The van der Waals surface area contributed by atoms with E-state index in [1.807, 2.05) is 38.1 Å². The van der Waals surface area contributed by atoms with Gasteiger partial charge in [-0.05, 0) is 71.5 Å². The van der Waals surface area contributed by atoms with Crippen molar-refractivity contribution in [2.24, 2.45) is 0 Å². The van der Waals surface area contributed by atoms with E-state index < -0.39 is 6.04 Å². The van der Waals surface area contributed by atoms with Crippen molar-refractivity contribution in [3.63, 3.8) is 0 Å². The highest BCUT2D eigenvalue weighted by atomic mass is 16.3. The molecular formula is C30H31N7O3. The van der Waals surface area contributed by atoms with Crippen LogP contribution in [0.5, 0.6) is 0 Å². The lowest BCUT2D eigenvalue weighted by atomic mass is 10.00. The second-order valence-corrected chi connectivity index (χ2v) is 10.3.